The van der Waals surface area contributed by atoms with Crippen LogP contribution in [0.25, 0.3) is 0 Å². The first kappa shape index (κ1) is 17.6. The van der Waals surface area contributed by atoms with Gasteiger partial charge in [-0.1, -0.05) is 0 Å². The van der Waals surface area contributed by atoms with Crippen LogP contribution in [0.2, 0.25) is 0 Å². The Morgan fingerprint density at radius 1 is 1.55 bits per heavy atom. The molecule has 20 heavy (non-hydrogen) atoms. The average molecular weight is 295 g/mol. The van der Waals surface area contributed by atoms with Crippen LogP contribution in [-0.4, -0.2) is 75.5 Å². The number of carboxylic acids is 1. The third-order valence-electron chi connectivity index (χ3n) is 3.47. The molecule has 0 aliphatic carbocycles. The molecule has 0 aromatic heterocycles. The summed E-state index contributed by atoms with van der Waals surface area (Å²) in [7, 11) is 0. The van der Waals surface area contributed by atoms with Crippen molar-refractivity contribution in [3.63, 3.8) is 0 Å². The summed E-state index contributed by atoms with van der Waals surface area (Å²) in [6.45, 7) is 1.61. The van der Waals surface area contributed by atoms with Crippen molar-refractivity contribution in [1.29, 1.82) is 0 Å². The molecule has 3 N–H and O–H groups in total. The van der Waals surface area contributed by atoms with Gasteiger partial charge in [-0.15, -0.1) is 11.8 Å². The summed E-state index contributed by atoms with van der Waals surface area (Å²) >= 11 is 1.37. The first-order valence-electron chi connectivity index (χ1n) is 6.20. The van der Waals surface area contributed by atoms with Gasteiger partial charge >= 0.3 is 24.8 Å². The zero-order valence-electron chi connectivity index (χ0n) is 10.6. The second-order valence-corrected chi connectivity index (χ2v) is 5.94. The van der Waals surface area contributed by atoms with Crippen molar-refractivity contribution >= 4 is 42.5 Å². The van der Waals surface area contributed by atoms with Gasteiger partial charge in [-0.25, -0.2) is 4.79 Å². The maximum atomic E-state index is 11.9. The van der Waals surface area contributed by atoms with E-state index in [1.807, 2.05) is 0 Å². The molecule has 108 valence electrons. The molecule has 6 nitrogen and oxygen atoms in total. The third-order valence-corrected chi connectivity index (χ3v) is 4.67. The van der Waals surface area contributed by atoms with E-state index in [1.165, 1.54) is 16.7 Å². The Kier molecular flexibility index (Phi) is 6.17. The van der Waals surface area contributed by atoms with Crippen LogP contribution in [-0.2, 0) is 9.59 Å². The van der Waals surface area contributed by atoms with E-state index in [-0.39, 0.29) is 43.1 Å². The third kappa shape index (κ3) is 2.92. The molecule has 0 bridgehead atoms. The van der Waals surface area contributed by atoms with Gasteiger partial charge < -0.3 is 20.2 Å². The van der Waals surface area contributed by atoms with Gasteiger partial charge in [0.1, 0.15) is 5.70 Å². The minimum atomic E-state index is -1.11. The summed E-state index contributed by atoms with van der Waals surface area (Å²) in [4.78, 5) is 25.1. The maximum absolute atomic E-state index is 11.9. The summed E-state index contributed by atoms with van der Waals surface area (Å²) in [5.41, 5.74) is 0.0508. The number of carboxylic acid groups (broad SMARTS) is 1. The van der Waals surface area contributed by atoms with Gasteiger partial charge in [0.2, 0.25) is 5.91 Å². The Labute approximate surface area is 133 Å². The van der Waals surface area contributed by atoms with Crippen molar-refractivity contribution in [1.82, 2.24) is 4.90 Å². The monoisotopic (exact) mass is 295 g/mol. The van der Waals surface area contributed by atoms with Crippen LogP contribution in [0.15, 0.2) is 10.6 Å². The second-order valence-electron chi connectivity index (χ2n) is 4.75. The van der Waals surface area contributed by atoms with Crippen molar-refractivity contribution in [2.45, 2.75) is 31.9 Å². The summed E-state index contributed by atoms with van der Waals surface area (Å²) in [6.07, 6.45) is 0.309. The van der Waals surface area contributed by atoms with Gasteiger partial charge in [-0.2, -0.15) is 0 Å². The van der Waals surface area contributed by atoms with Crippen LogP contribution in [0.1, 0.15) is 19.8 Å². The fourth-order valence-corrected chi connectivity index (χ4v) is 3.75. The number of fused-ring (bicyclic) bond motifs is 1. The molecule has 3 atom stereocenters. The van der Waals surface area contributed by atoms with E-state index in [0.717, 1.165) is 0 Å². The molecule has 0 spiro atoms. The Morgan fingerprint density at radius 2 is 2.20 bits per heavy atom. The van der Waals surface area contributed by atoms with Crippen LogP contribution >= 0.6 is 11.8 Å². The van der Waals surface area contributed by atoms with Gasteiger partial charge in [-0.3, -0.25) is 4.79 Å². The van der Waals surface area contributed by atoms with Crippen LogP contribution in [0.3, 0.4) is 0 Å². The summed E-state index contributed by atoms with van der Waals surface area (Å²) < 4.78 is 0. The van der Waals surface area contributed by atoms with Crippen LogP contribution in [0.5, 0.6) is 0 Å². The predicted molar refractivity (Wildman–Crippen MR) is 76.4 cm³/mol. The molecule has 1 saturated heterocycles. The topological polar surface area (TPSA) is 98.1 Å². The number of aliphatic hydroxyl groups excluding tert-OH is 2. The Morgan fingerprint density at radius 3 is 2.70 bits per heavy atom. The van der Waals surface area contributed by atoms with Crippen LogP contribution < -0.4 is 0 Å². The number of aliphatic carboxylic acids is 1. The van der Waals surface area contributed by atoms with Crippen molar-refractivity contribution in [3.8, 4) is 0 Å². The van der Waals surface area contributed by atoms with Crippen molar-refractivity contribution in [2.75, 3.05) is 12.4 Å². The second kappa shape index (κ2) is 7.01. The van der Waals surface area contributed by atoms with Crippen molar-refractivity contribution < 1.29 is 24.9 Å². The molecule has 2 aliphatic rings. The van der Waals surface area contributed by atoms with Gasteiger partial charge in [0.25, 0.3) is 0 Å². The summed E-state index contributed by atoms with van der Waals surface area (Å²) in [5.74, 6) is -1.29. The molecule has 1 amide bonds. The zero-order chi connectivity index (χ0) is 14.2. The van der Waals surface area contributed by atoms with Crippen molar-refractivity contribution in [2.24, 2.45) is 5.92 Å². The SMILES string of the molecule is CC(O)C1C(=O)N2C(C(=O)O)=C(SCCCO)CC12.[LiH]. The molecule has 2 heterocycles. The number of thioether (sulfide) groups is 1. The number of rotatable bonds is 6. The van der Waals surface area contributed by atoms with Crippen LogP contribution in [0.4, 0.5) is 0 Å². The number of hydrogen-bond acceptors (Lipinski definition) is 5. The van der Waals surface area contributed by atoms with Crippen molar-refractivity contribution in [3.05, 3.63) is 10.6 Å². The molecule has 0 radical (unpaired) electrons. The van der Waals surface area contributed by atoms with E-state index in [4.69, 9.17) is 5.11 Å². The first-order valence-corrected chi connectivity index (χ1v) is 7.18. The fourth-order valence-electron chi connectivity index (χ4n) is 2.62. The number of carbonyl (C=O) groups excluding carboxylic acids is 1. The van der Waals surface area contributed by atoms with Gasteiger partial charge in [0, 0.05) is 17.9 Å². The van der Waals surface area contributed by atoms with Crippen LogP contribution in [0, 0.1) is 5.92 Å². The number of nitrogens with zero attached hydrogens (tertiary/aromatic N) is 1. The predicted octanol–water partition coefficient (Wildman–Crippen LogP) is -0.639. The van der Waals surface area contributed by atoms with Gasteiger partial charge in [0.05, 0.1) is 18.1 Å². The molecular formula is C12H18LiNO5S. The number of amides is 1. The summed E-state index contributed by atoms with van der Waals surface area (Å²) in [6, 6.07) is -0.227. The van der Waals surface area contributed by atoms with E-state index >= 15 is 0 Å². The Balaban J connectivity index is 0.00000200. The quantitative estimate of drug-likeness (QED) is 0.342. The van der Waals surface area contributed by atoms with E-state index in [9.17, 15) is 19.8 Å². The molecular weight excluding hydrogens is 277 g/mol. The molecule has 8 heteroatoms. The Hall–Kier alpha value is -0.453. The minimum absolute atomic E-state index is 0. The normalized spacial score (nSPS) is 25.9. The molecule has 2 rings (SSSR count). The van der Waals surface area contributed by atoms with E-state index in [2.05, 4.69) is 0 Å². The molecule has 3 unspecified atom stereocenters. The molecule has 0 saturated carbocycles. The summed E-state index contributed by atoms with van der Waals surface area (Å²) in [5, 5.41) is 27.5. The van der Waals surface area contributed by atoms with E-state index in [0.29, 0.717) is 23.5 Å². The molecule has 0 aromatic rings. The average Bonchev–Trinajstić information content (AvgIpc) is 2.64. The number of carbonyl (C=O) groups is 2. The van der Waals surface area contributed by atoms with Gasteiger partial charge in [-0.05, 0) is 19.1 Å². The number of β-lactam (4-membered cyclic amide) rings is 1. The van der Waals surface area contributed by atoms with E-state index in [1.54, 1.807) is 6.92 Å². The number of hydrogen-bond donors (Lipinski definition) is 3. The number of aliphatic hydroxyl groups is 2. The van der Waals surface area contributed by atoms with Gasteiger partial charge in [0.15, 0.2) is 0 Å². The van der Waals surface area contributed by atoms with E-state index < -0.39 is 18.0 Å². The molecule has 0 aromatic carbocycles. The molecule has 1 fully saturated rings. The first-order chi connectivity index (χ1) is 8.99. The zero-order valence-corrected chi connectivity index (χ0v) is 11.4. The Bertz CT molecular complexity index is 440. The fraction of sp³-hybridized carbons (Fsp3) is 0.667. The molecule has 2 aliphatic heterocycles. The standard InChI is InChI=1S/C12H17NO5S.Li.H/c1-6(15)9-7-5-8(19-4-2-3-14)10(12(17)18)13(7)11(9)16;;/h6-7,9,14-15H,2-5H2,1H3,(H,17,18);;.